The van der Waals surface area contributed by atoms with E-state index in [9.17, 15) is 14.4 Å². The van der Waals surface area contributed by atoms with Crippen LogP contribution >= 0.6 is 0 Å². The molecule has 1 aromatic carbocycles. The van der Waals surface area contributed by atoms with Crippen LogP contribution in [0.15, 0.2) is 30.3 Å². The molecule has 1 saturated carbocycles. The number of ether oxygens (including phenoxy) is 1. The van der Waals surface area contributed by atoms with Crippen LogP contribution in [0.1, 0.15) is 66.9 Å². The van der Waals surface area contributed by atoms with E-state index >= 15 is 0 Å². The first kappa shape index (κ1) is 25.1. The highest BCUT2D eigenvalue weighted by Crippen LogP contribution is 2.47. The van der Waals surface area contributed by atoms with Crippen molar-refractivity contribution < 1.29 is 19.1 Å². The van der Waals surface area contributed by atoms with Gasteiger partial charge < -0.3 is 10.1 Å². The predicted molar refractivity (Wildman–Crippen MR) is 122 cm³/mol. The molecule has 4 atom stereocenters. The molecule has 31 heavy (non-hydrogen) atoms. The second-order valence-electron chi connectivity index (χ2n) is 10.6. The van der Waals surface area contributed by atoms with Gasteiger partial charge in [-0.25, -0.2) is 0 Å². The molecular formula is C26H39NO4. The fraction of sp³-hybridized carbons (Fsp3) is 0.654. The maximum Gasteiger partial charge on any atom is 0.309 e. The Morgan fingerprint density at radius 3 is 2.16 bits per heavy atom. The first-order valence-corrected chi connectivity index (χ1v) is 11.5. The zero-order valence-electron chi connectivity index (χ0n) is 20.1. The quantitative estimate of drug-likeness (QED) is 0.604. The lowest BCUT2D eigenvalue weighted by atomic mass is 9.75. The smallest absolute Gasteiger partial charge is 0.309 e. The Bertz CT molecular complexity index is 763. The zero-order valence-corrected chi connectivity index (χ0v) is 20.1. The first-order valence-electron chi connectivity index (χ1n) is 11.5. The topological polar surface area (TPSA) is 72.5 Å². The monoisotopic (exact) mass is 429 g/mol. The average Bonchev–Trinajstić information content (AvgIpc) is 3.06. The van der Waals surface area contributed by atoms with E-state index in [4.69, 9.17) is 4.74 Å². The van der Waals surface area contributed by atoms with Crippen molar-refractivity contribution in [1.29, 1.82) is 0 Å². The van der Waals surface area contributed by atoms with Gasteiger partial charge in [0.2, 0.25) is 5.91 Å². The van der Waals surface area contributed by atoms with E-state index in [-0.39, 0.29) is 35.4 Å². The summed E-state index contributed by atoms with van der Waals surface area (Å²) < 4.78 is 5.69. The molecule has 5 nitrogen and oxygen atoms in total. The van der Waals surface area contributed by atoms with Gasteiger partial charge in [0.1, 0.15) is 11.4 Å². The summed E-state index contributed by atoms with van der Waals surface area (Å²) in [5, 5.41) is 3.00. The number of hydrogen-bond donors (Lipinski definition) is 1. The number of amides is 1. The van der Waals surface area contributed by atoms with E-state index in [1.54, 1.807) is 0 Å². The Labute approximate surface area is 187 Å². The van der Waals surface area contributed by atoms with Gasteiger partial charge in [-0.05, 0) is 50.5 Å². The van der Waals surface area contributed by atoms with Crippen LogP contribution in [0.3, 0.4) is 0 Å². The van der Waals surface area contributed by atoms with E-state index < -0.39 is 23.4 Å². The largest absolute Gasteiger partial charge is 0.460 e. The lowest BCUT2D eigenvalue weighted by Gasteiger charge is -2.30. The molecule has 0 aliphatic heterocycles. The molecule has 0 aromatic heterocycles. The maximum absolute atomic E-state index is 13.3. The molecule has 1 N–H and O–H groups in total. The standard InChI is InChI=1S/C26H39NO4/c1-16(2)13-21(28)23-19(24(29)27-15-18-11-9-8-10-12-18)14-20(22(23)17(3)4)25(30)31-26(5,6)7/h8-12,16-17,19-20,22-23H,13-15H2,1-7H3,(H,27,29)/t19?,20?,22-,23?/m0/s1. The SMILES string of the molecule is CC(C)CC(=O)C1C(C(=O)NCc2ccccc2)CC(C(=O)OC(C)(C)C)[C@@H]1C(C)C. The number of esters is 1. The molecule has 1 aliphatic carbocycles. The summed E-state index contributed by atoms with van der Waals surface area (Å²) in [6.45, 7) is 14.0. The Morgan fingerprint density at radius 2 is 1.65 bits per heavy atom. The number of carbonyl (C=O) groups excluding carboxylic acids is 3. The Morgan fingerprint density at radius 1 is 1.03 bits per heavy atom. The number of benzene rings is 1. The lowest BCUT2D eigenvalue weighted by Crippen LogP contribution is -2.39. The number of Topliss-reactive ketones (excluding diaryl/α,β-unsaturated/α-hetero) is 1. The van der Waals surface area contributed by atoms with Crippen molar-refractivity contribution in [2.75, 3.05) is 0 Å². The summed E-state index contributed by atoms with van der Waals surface area (Å²) in [6.07, 6.45) is 0.768. The third kappa shape index (κ3) is 6.91. The Balaban J connectivity index is 2.29. The third-order valence-electron chi connectivity index (χ3n) is 5.93. The molecule has 5 heteroatoms. The minimum absolute atomic E-state index is 0.0830. The van der Waals surface area contributed by atoms with Crippen molar-refractivity contribution in [1.82, 2.24) is 5.32 Å². The summed E-state index contributed by atoms with van der Waals surface area (Å²) in [4.78, 5) is 39.6. The molecule has 1 aromatic rings. The fourth-order valence-electron chi connectivity index (χ4n) is 4.77. The van der Waals surface area contributed by atoms with Gasteiger partial charge in [0.25, 0.3) is 0 Å². The van der Waals surface area contributed by atoms with Crippen LogP contribution in [-0.4, -0.2) is 23.3 Å². The number of rotatable bonds is 8. The zero-order chi connectivity index (χ0) is 23.3. The number of carbonyl (C=O) groups is 3. The van der Waals surface area contributed by atoms with Gasteiger partial charge in [0.15, 0.2) is 0 Å². The van der Waals surface area contributed by atoms with E-state index in [0.29, 0.717) is 19.4 Å². The third-order valence-corrected chi connectivity index (χ3v) is 5.93. The molecule has 0 spiro atoms. The van der Waals surface area contributed by atoms with Gasteiger partial charge in [-0.2, -0.15) is 0 Å². The number of ketones is 1. The molecule has 0 radical (unpaired) electrons. The van der Waals surface area contributed by atoms with Gasteiger partial charge in [-0.15, -0.1) is 0 Å². The highest BCUT2D eigenvalue weighted by molar-refractivity contribution is 5.91. The second kappa shape index (κ2) is 10.4. The molecule has 0 saturated heterocycles. The molecule has 0 bridgehead atoms. The van der Waals surface area contributed by atoms with Crippen molar-refractivity contribution in [3.8, 4) is 0 Å². The molecule has 2 rings (SSSR count). The molecule has 3 unspecified atom stereocenters. The van der Waals surface area contributed by atoms with Crippen LogP contribution in [0.25, 0.3) is 0 Å². The lowest BCUT2D eigenvalue weighted by molar-refractivity contribution is -0.162. The fourth-order valence-corrected chi connectivity index (χ4v) is 4.77. The van der Waals surface area contributed by atoms with Gasteiger partial charge in [0, 0.05) is 24.8 Å². The van der Waals surface area contributed by atoms with Gasteiger partial charge in [-0.1, -0.05) is 58.0 Å². The van der Waals surface area contributed by atoms with Crippen LogP contribution in [0.5, 0.6) is 0 Å². The van der Waals surface area contributed by atoms with Crippen LogP contribution < -0.4 is 5.32 Å². The minimum atomic E-state index is -0.607. The molecule has 1 aliphatic rings. The van der Waals surface area contributed by atoms with Crippen LogP contribution in [0.2, 0.25) is 0 Å². The van der Waals surface area contributed by atoms with Crippen molar-refractivity contribution in [3.63, 3.8) is 0 Å². The molecule has 1 amide bonds. The van der Waals surface area contributed by atoms with Gasteiger partial charge in [-0.3, -0.25) is 14.4 Å². The maximum atomic E-state index is 13.3. The molecule has 1 fully saturated rings. The van der Waals surface area contributed by atoms with Crippen molar-refractivity contribution in [2.45, 2.75) is 73.5 Å². The number of hydrogen-bond acceptors (Lipinski definition) is 4. The predicted octanol–water partition coefficient (Wildman–Crippen LogP) is 4.78. The molecular weight excluding hydrogens is 390 g/mol. The Kier molecular flexibility index (Phi) is 8.44. The summed E-state index contributed by atoms with van der Waals surface area (Å²) in [6, 6.07) is 9.70. The van der Waals surface area contributed by atoms with E-state index in [1.807, 2.05) is 78.8 Å². The summed E-state index contributed by atoms with van der Waals surface area (Å²) in [5.41, 5.74) is 0.395. The summed E-state index contributed by atoms with van der Waals surface area (Å²) in [7, 11) is 0. The van der Waals surface area contributed by atoms with E-state index in [2.05, 4.69) is 5.32 Å². The van der Waals surface area contributed by atoms with Crippen LogP contribution in [0.4, 0.5) is 0 Å². The summed E-state index contributed by atoms with van der Waals surface area (Å²) in [5.74, 6) is -1.70. The molecule has 172 valence electrons. The summed E-state index contributed by atoms with van der Waals surface area (Å²) >= 11 is 0. The Hall–Kier alpha value is -2.17. The normalized spacial score (nSPS) is 23.8. The minimum Gasteiger partial charge on any atom is -0.460 e. The van der Waals surface area contributed by atoms with Crippen molar-refractivity contribution in [3.05, 3.63) is 35.9 Å². The average molecular weight is 430 g/mol. The van der Waals surface area contributed by atoms with Gasteiger partial charge in [0.05, 0.1) is 5.92 Å². The van der Waals surface area contributed by atoms with Gasteiger partial charge >= 0.3 is 5.97 Å². The van der Waals surface area contributed by atoms with Crippen LogP contribution in [0, 0.1) is 35.5 Å². The van der Waals surface area contributed by atoms with Crippen molar-refractivity contribution >= 4 is 17.7 Å². The van der Waals surface area contributed by atoms with E-state index in [1.165, 1.54) is 0 Å². The van der Waals surface area contributed by atoms with Crippen molar-refractivity contribution in [2.24, 2.45) is 35.5 Å². The number of nitrogens with one attached hydrogen (secondary N) is 1. The van der Waals surface area contributed by atoms with Crippen LogP contribution in [-0.2, 0) is 25.7 Å². The highest BCUT2D eigenvalue weighted by Gasteiger charge is 2.53. The highest BCUT2D eigenvalue weighted by atomic mass is 16.6. The van der Waals surface area contributed by atoms with E-state index in [0.717, 1.165) is 5.56 Å². The first-order chi connectivity index (χ1) is 14.4. The second-order valence-corrected chi connectivity index (χ2v) is 10.6. The molecule has 0 heterocycles.